The van der Waals surface area contributed by atoms with Crippen LogP contribution >= 0.6 is 0 Å². The summed E-state index contributed by atoms with van der Waals surface area (Å²) in [6.45, 7) is 6.33. The maximum atomic E-state index is 14.2. The number of piperidine rings is 1. The Labute approximate surface area is 243 Å². The highest BCUT2D eigenvalue weighted by atomic mass is 19.1. The van der Waals surface area contributed by atoms with Gasteiger partial charge in [0.25, 0.3) is 0 Å². The molecule has 3 saturated heterocycles. The Morgan fingerprint density at radius 3 is 2.27 bits per heavy atom. The van der Waals surface area contributed by atoms with Crippen molar-refractivity contribution < 1.29 is 18.8 Å². The van der Waals surface area contributed by atoms with E-state index in [4.69, 9.17) is 0 Å². The Bertz CT molecular complexity index is 1040. The zero-order chi connectivity index (χ0) is 28.8. The van der Waals surface area contributed by atoms with E-state index in [1.165, 1.54) is 31.4 Å². The van der Waals surface area contributed by atoms with E-state index in [1.54, 1.807) is 12.1 Å². The molecule has 3 N–H and O–H groups in total. The molecule has 1 aromatic carbocycles. The monoisotopic (exact) mass is 570 g/mol. The predicted molar refractivity (Wildman–Crippen MR) is 156 cm³/mol. The van der Waals surface area contributed by atoms with E-state index in [0.717, 1.165) is 51.1 Å². The summed E-state index contributed by atoms with van der Waals surface area (Å²) in [4.78, 5) is 47.5. The Hall–Kier alpha value is -2.56. The van der Waals surface area contributed by atoms with Crippen molar-refractivity contribution in [3.63, 3.8) is 0 Å². The van der Waals surface area contributed by atoms with Gasteiger partial charge in [-0.15, -0.1) is 0 Å². The van der Waals surface area contributed by atoms with E-state index in [1.807, 2.05) is 4.90 Å². The van der Waals surface area contributed by atoms with Crippen molar-refractivity contribution in [3.8, 4) is 0 Å². The molecule has 9 nitrogen and oxygen atoms in total. The predicted octanol–water partition coefficient (Wildman–Crippen LogP) is 1.38. The van der Waals surface area contributed by atoms with E-state index in [2.05, 4.69) is 32.8 Å². The van der Waals surface area contributed by atoms with Gasteiger partial charge in [0, 0.05) is 65.3 Å². The molecule has 10 heteroatoms. The van der Waals surface area contributed by atoms with Crippen LogP contribution in [0.25, 0.3) is 0 Å². The normalized spacial score (nSPS) is 25.0. The lowest BCUT2D eigenvalue weighted by molar-refractivity contribution is -0.156. The van der Waals surface area contributed by atoms with Crippen LogP contribution in [0.2, 0.25) is 0 Å². The molecule has 1 saturated carbocycles. The van der Waals surface area contributed by atoms with Crippen molar-refractivity contribution in [1.82, 2.24) is 30.7 Å². The topological polar surface area (TPSA) is 97.0 Å². The number of benzene rings is 1. The number of nitrogens with one attached hydrogen (secondary N) is 3. The van der Waals surface area contributed by atoms with E-state index in [9.17, 15) is 18.8 Å². The van der Waals surface area contributed by atoms with Crippen LogP contribution in [0.4, 0.5) is 4.39 Å². The van der Waals surface area contributed by atoms with Crippen molar-refractivity contribution >= 4 is 17.7 Å². The maximum Gasteiger partial charge on any atom is 0.245 e. The minimum atomic E-state index is -0.757. The van der Waals surface area contributed by atoms with Gasteiger partial charge in [0.2, 0.25) is 17.7 Å². The second kappa shape index (κ2) is 13.6. The molecule has 0 radical (unpaired) electrons. The number of nitrogens with zero attached hydrogens (tertiary/aromatic N) is 3. The molecule has 226 valence electrons. The van der Waals surface area contributed by atoms with Gasteiger partial charge in [0.1, 0.15) is 11.9 Å². The summed E-state index contributed by atoms with van der Waals surface area (Å²) in [7, 11) is 2.10. The van der Waals surface area contributed by atoms with Gasteiger partial charge in [0.15, 0.2) is 0 Å². The number of hydrogen-bond donors (Lipinski definition) is 3. The van der Waals surface area contributed by atoms with Crippen LogP contribution in [0, 0.1) is 17.2 Å². The summed E-state index contributed by atoms with van der Waals surface area (Å²) in [6, 6.07) is 4.94. The molecule has 4 fully saturated rings. The second-order valence-electron chi connectivity index (χ2n) is 12.5. The van der Waals surface area contributed by atoms with Crippen LogP contribution in [0.15, 0.2) is 24.3 Å². The first-order valence-corrected chi connectivity index (χ1v) is 15.6. The van der Waals surface area contributed by atoms with Gasteiger partial charge in [0.05, 0.1) is 11.5 Å². The molecule has 1 aromatic rings. The van der Waals surface area contributed by atoms with Crippen LogP contribution < -0.4 is 16.0 Å². The van der Waals surface area contributed by atoms with E-state index >= 15 is 0 Å². The summed E-state index contributed by atoms with van der Waals surface area (Å²) in [6.07, 6.45) is 7.35. The second-order valence-corrected chi connectivity index (χ2v) is 12.5. The summed E-state index contributed by atoms with van der Waals surface area (Å²) in [5.41, 5.74) is 0.374. The molecular formula is C31H47FN6O3. The molecule has 41 heavy (non-hydrogen) atoms. The molecular weight excluding hydrogens is 523 g/mol. The molecule has 0 aromatic heterocycles. The number of carbonyl (C=O) groups is 3. The number of hydrogen-bond acceptors (Lipinski definition) is 6. The van der Waals surface area contributed by atoms with Crippen molar-refractivity contribution in [2.24, 2.45) is 11.3 Å². The van der Waals surface area contributed by atoms with Crippen molar-refractivity contribution in [1.29, 1.82) is 0 Å². The minimum Gasteiger partial charge on any atom is -0.343 e. The number of amides is 3. The summed E-state index contributed by atoms with van der Waals surface area (Å²) in [5, 5.41) is 9.44. The van der Waals surface area contributed by atoms with Gasteiger partial charge in [-0.3, -0.25) is 14.4 Å². The summed E-state index contributed by atoms with van der Waals surface area (Å²) >= 11 is 0. The number of likely N-dealkylation sites (tertiary alicyclic amines) is 1. The van der Waals surface area contributed by atoms with Crippen molar-refractivity contribution in [2.75, 3.05) is 66.0 Å². The van der Waals surface area contributed by atoms with E-state index < -0.39 is 17.5 Å². The molecule has 5 rings (SSSR count). The highest BCUT2D eigenvalue weighted by Crippen LogP contribution is 2.47. The van der Waals surface area contributed by atoms with Gasteiger partial charge in [-0.05, 0) is 56.3 Å². The molecule has 3 heterocycles. The molecule has 3 aliphatic heterocycles. The quantitative estimate of drug-likeness (QED) is 0.459. The fourth-order valence-corrected chi connectivity index (χ4v) is 7.29. The van der Waals surface area contributed by atoms with Crippen molar-refractivity contribution in [2.45, 2.75) is 63.5 Å². The Balaban J connectivity index is 1.30. The largest absolute Gasteiger partial charge is 0.343 e. The standard InChI is InChI=1S/C31H47FN6O3/c1-36-17-19-38(20-18-36)30(41)31(24-5-3-2-4-6-24)11-15-37(16-12-31)29(40)26(21-23-7-9-25(32)10-8-23)35-28(39)27-22-33-13-14-34-27/h7-10,24,26-27,33-34H,2-6,11-22H2,1H3,(H,35,39)/t26-,27+/m1/s1. The Morgan fingerprint density at radius 1 is 0.951 bits per heavy atom. The fourth-order valence-electron chi connectivity index (χ4n) is 7.29. The van der Waals surface area contributed by atoms with Gasteiger partial charge >= 0.3 is 0 Å². The number of rotatable bonds is 7. The van der Waals surface area contributed by atoms with Crippen LogP contribution in [0.5, 0.6) is 0 Å². The van der Waals surface area contributed by atoms with Crippen molar-refractivity contribution in [3.05, 3.63) is 35.6 Å². The first-order chi connectivity index (χ1) is 19.9. The molecule has 2 atom stereocenters. The van der Waals surface area contributed by atoms with E-state index in [0.29, 0.717) is 44.9 Å². The number of halogens is 1. The number of piperazine rings is 2. The van der Waals surface area contributed by atoms with Gasteiger partial charge in [-0.25, -0.2) is 4.39 Å². The molecule has 3 amide bonds. The van der Waals surface area contributed by atoms with Crippen LogP contribution in [-0.2, 0) is 20.8 Å². The van der Waals surface area contributed by atoms with Crippen LogP contribution in [-0.4, -0.2) is 110 Å². The molecule has 4 aliphatic rings. The smallest absolute Gasteiger partial charge is 0.245 e. The SMILES string of the molecule is CN1CCN(C(=O)C2(C3CCCCC3)CCN(C(=O)[C@@H](Cc3ccc(F)cc3)NC(=O)[C@@H]3CNCCN3)CC2)CC1. The summed E-state index contributed by atoms with van der Waals surface area (Å²) in [5.74, 6) is -0.0256. The Morgan fingerprint density at radius 2 is 1.63 bits per heavy atom. The maximum absolute atomic E-state index is 14.2. The molecule has 0 spiro atoms. The Kier molecular flexibility index (Phi) is 9.93. The summed E-state index contributed by atoms with van der Waals surface area (Å²) < 4.78 is 13.6. The fraction of sp³-hybridized carbons (Fsp3) is 0.710. The average molecular weight is 571 g/mol. The molecule has 0 bridgehead atoms. The first kappa shape index (κ1) is 29.9. The first-order valence-electron chi connectivity index (χ1n) is 15.6. The zero-order valence-corrected chi connectivity index (χ0v) is 24.5. The lowest BCUT2D eigenvalue weighted by Crippen LogP contribution is -2.61. The molecule has 1 aliphatic carbocycles. The minimum absolute atomic E-state index is 0.129. The lowest BCUT2D eigenvalue weighted by atomic mass is 9.63. The third-order valence-electron chi connectivity index (χ3n) is 9.90. The number of carbonyl (C=O) groups excluding carboxylic acids is 3. The highest BCUT2D eigenvalue weighted by Gasteiger charge is 2.50. The van der Waals surface area contributed by atoms with Crippen LogP contribution in [0.1, 0.15) is 50.5 Å². The average Bonchev–Trinajstić information content (AvgIpc) is 3.02. The number of likely N-dealkylation sites (N-methyl/N-ethyl adjacent to an activating group) is 1. The van der Waals surface area contributed by atoms with E-state index in [-0.39, 0.29) is 30.0 Å². The third kappa shape index (κ3) is 7.09. The van der Waals surface area contributed by atoms with Gasteiger partial charge < -0.3 is 30.7 Å². The van der Waals surface area contributed by atoms with Gasteiger partial charge in [-0.1, -0.05) is 31.4 Å². The van der Waals surface area contributed by atoms with Crippen LogP contribution in [0.3, 0.4) is 0 Å². The zero-order valence-electron chi connectivity index (χ0n) is 24.5. The highest BCUT2D eigenvalue weighted by molar-refractivity contribution is 5.90. The van der Waals surface area contributed by atoms with Gasteiger partial charge in [-0.2, -0.15) is 0 Å². The lowest BCUT2D eigenvalue weighted by Gasteiger charge is -2.49. The molecule has 0 unspecified atom stereocenters. The third-order valence-corrected chi connectivity index (χ3v) is 9.90.